The van der Waals surface area contributed by atoms with Crippen LogP contribution in [0.4, 0.5) is 18.9 Å². The highest BCUT2D eigenvalue weighted by atomic mass is 35.5. The van der Waals surface area contributed by atoms with Gasteiger partial charge in [-0.2, -0.15) is 13.2 Å². The molecule has 0 aromatic heterocycles. The van der Waals surface area contributed by atoms with Crippen LogP contribution in [0.15, 0.2) is 77.7 Å². The van der Waals surface area contributed by atoms with E-state index in [1.807, 2.05) is 26.0 Å². The van der Waals surface area contributed by atoms with Gasteiger partial charge in [0.25, 0.3) is 10.0 Å². The van der Waals surface area contributed by atoms with Gasteiger partial charge in [-0.15, -0.1) is 0 Å². The third-order valence-electron chi connectivity index (χ3n) is 6.79. The monoisotopic (exact) mass is 623 g/mol. The maximum Gasteiger partial charge on any atom is 0.416 e. The smallest absolute Gasteiger partial charge is 0.352 e. The third-order valence-corrected chi connectivity index (χ3v) is 8.89. The first kappa shape index (κ1) is 32.9. The Hall–Kier alpha value is -3.57. The maximum absolute atomic E-state index is 13.9. The number of anilines is 1. The van der Waals surface area contributed by atoms with Crippen LogP contribution in [0.3, 0.4) is 0 Å². The molecule has 226 valence electrons. The van der Waals surface area contributed by atoms with Gasteiger partial charge >= 0.3 is 6.18 Å². The molecular formula is C30H33ClF3N3O4S. The second-order valence-corrected chi connectivity index (χ2v) is 12.3. The Bertz CT molecular complexity index is 1500. The molecular weight excluding hydrogens is 591 g/mol. The van der Waals surface area contributed by atoms with E-state index in [-0.39, 0.29) is 22.5 Å². The molecule has 2 amide bonds. The second-order valence-electron chi connectivity index (χ2n) is 9.99. The van der Waals surface area contributed by atoms with Crippen molar-refractivity contribution in [3.8, 4) is 0 Å². The lowest BCUT2D eigenvalue weighted by molar-refractivity contribution is -0.139. The number of sulfonamides is 1. The van der Waals surface area contributed by atoms with Crippen molar-refractivity contribution in [1.82, 2.24) is 10.2 Å². The van der Waals surface area contributed by atoms with E-state index >= 15 is 0 Å². The molecule has 0 fully saturated rings. The van der Waals surface area contributed by atoms with Gasteiger partial charge in [0.1, 0.15) is 12.6 Å². The summed E-state index contributed by atoms with van der Waals surface area (Å²) in [6.07, 6.45) is -4.16. The van der Waals surface area contributed by atoms with Crippen molar-refractivity contribution in [2.24, 2.45) is 0 Å². The van der Waals surface area contributed by atoms with Crippen molar-refractivity contribution in [2.75, 3.05) is 10.8 Å². The van der Waals surface area contributed by atoms with E-state index in [0.29, 0.717) is 22.4 Å². The summed E-state index contributed by atoms with van der Waals surface area (Å²) >= 11 is 6.27. The summed E-state index contributed by atoms with van der Waals surface area (Å²) in [7, 11) is -4.58. The number of halogens is 4. The SMILES string of the molecule is CCC(C)NC(=O)C(C)N(Cc1ccc(C)cc1)C(=O)CN(c1cc(C(F)(F)F)ccc1Cl)S(=O)(=O)c1ccccc1. The minimum atomic E-state index is -4.80. The summed E-state index contributed by atoms with van der Waals surface area (Å²) in [5, 5.41) is 2.52. The van der Waals surface area contributed by atoms with Crippen LogP contribution in [0.2, 0.25) is 5.02 Å². The molecule has 0 radical (unpaired) electrons. The van der Waals surface area contributed by atoms with E-state index in [1.165, 1.54) is 36.1 Å². The first-order valence-electron chi connectivity index (χ1n) is 13.2. The predicted molar refractivity (Wildman–Crippen MR) is 157 cm³/mol. The number of carbonyl (C=O) groups is 2. The molecule has 0 aliphatic rings. The molecule has 0 saturated heterocycles. The van der Waals surface area contributed by atoms with E-state index in [0.717, 1.165) is 17.7 Å². The van der Waals surface area contributed by atoms with Crippen LogP contribution in [-0.2, 0) is 32.3 Å². The number of nitrogens with zero attached hydrogens (tertiary/aromatic N) is 2. The lowest BCUT2D eigenvalue weighted by atomic mass is 10.1. The van der Waals surface area contributed by atoms with Crippen molar-refractivity contribution in [2.45, 2.75) is 63.8 Å². The van der Waals surface area contributed by atoms with Gasteiger partial charge in [0, 0.05) is 12.6 Å². The zero-order chi connectivity index (χ0) is 31.2. The molecule has 2 atom stereocenters. The van der Waals surface area contributed by atoms with Gasteiger partial charge in [-0.25, -0.2) is 8.42 Å². The number of hydrogen-bond acceptors (Lipinski definition) is 4. The van der Waals surface area contributed by atoms with Crippen LogP contribution in [0.5, 0.6) is 0 Å². The molecule has 3 rings (SSSR count). The zero-order valence-electron chi connectivity index (χ0n) is 23.7. The largest absolute Gasteiger partial charge is 0.416 e. The lowest BCUT2D eigenvalue weighted by Crippen LogP contribution is -2.52. The third kappa shape index (κ3) is 8.04. The quantitative estimate of drug-likeness (QED) is 0.276. The topological polar surface area (TPSA) is 86.8 Å². The minimum Gasteiger partial charge on any atom is -0.352 e. The molecule has 3 aromatic carbocycles. The van der Waals surface area contributed by atoms with Gasteiger partial charge < -0.3 is 10.2 Å². The van der Waals surface area contributed by atoms with Crippen molar-refractivity contribution in [3.05, 3.63) is 94.5 Å². The Morgan fingerprint density at radius 3 is 2.17 bits per heavy atom. The van der Waals surface area contributed by atoms with Gasteiger partial charge in [0.2, 0.25) is 11.8 Å². The van der Waals surface area contributed by atoms with Crippen molar-refractivity contribution < 1.29 is 31.2 Å². The minimum absolute atomic E-state index is 0.0518. The number of carbonyl (C=O) groups excluding carboxylic acids is 2. The Morgan fingerprint density at radius 2 is 1.60 bits per heavy atom. The van der Waals surface area contributed by atoms with Crippen molar-refractivity contribution >= 4 is 39.1 Å². The first-order valence-corrected chi connectivity index (χ1v) is 15.1. The fourth-order valence-corrected chi connectivity index (χ4v) is 5.77. The molecule has 12 heteroatoms. The lowest BCUT2D eigenvalue weighted by Gasteiger charge is -2.33. The van der Waals surface area contributed by atoms with Crippen molar-refractivity contribution in [3.63, 3.8) is 0 Å². The fraction of sp³-hybridized carbons (Fsp3) is 0.333. The van der Waals surface area contributed by atoms with E-state index < -0.39 is 51.9 Å². The molecule has 0 spiro atoms. The second kappa shape index (κ2) is 13.6. The van der Waals surface area contributed by atoms with Crippen LogP contribution < -0.4 is 9.62 Å². The average molecular weight is 624 g/mol. The summed E-state index contributed by atoms with van der Waals surface area (Å²) in [6.45, 7) is 6.13. The number of nitrogens with one attached hydrogen (secondary N) is 1. The molecule has 1 N–H and O–H groups in total. The molecule has 0 aliphatic carbocycles. The predicted octanol–water partition coefficient (Wildman–Crippen LogP) is 6.19. The molecule has 0 bridgehead atoms. The van der Waals surface area contributed by atoms with Gasteiger partial charge in [-0.1, -0.05) is 66.6 Å². The highest BCUT2D eigenvalue weighted by Gasteiger charge is 2.36. The maximum atomic E-state index is 13.9. The molecule has 0 saturated carbocycles. The van der Waals surface area contributed by atoms with E-state index in [1.54, 1.807) is 25.1 Å². The van der Waals surface area contributed by atoms with Crippen LogP contribution >= 0.6 is 11.6 Å². The molecule has 7 nitrogen and oxygen atoms in total. The summed E-state index contributed by atoms with van der Waals surface area (Å²) in [5.74, 6) is -1.27. The highest BCUT2D eigenvalue weighted by Crippen LogP contribution is 2.37. The van der Waals surface area contributed by atoms with Gasteiger partial charge in [0.05, 0.1) is 21.2 Å². The molecule has 3 aromatic rings. The van der Waals surface area contributed by atoms with Gasteiger partial charge in [0.15, 0.2) is 0 Å². The van der Waals surface area contributed by atoms with E-state index in [9.17, 15) is 31.2 Å². The number of benzene rings is 3. The summed E-state index contributed by atoms with van der Waals surface area (Å²) in [4.78, 5) is 28.0. The normalized spacial score (nSPS) is 13.2. The van der Waals surface area contributed by atoms with E-state index in [2.05, 4.69) is 5.32 Å². The standard InChI is InChI=1S/C30H33ClF3N3O4S/c1-5-21(3)35-29(39)22(4)36(18-23-13-11-20(2)12-14-23)28(38)19-37(42(40,41)25-9-7-6-8-10-25)27-17-24(30(32,33)34)15-16-26(27)31/h6-17,21-22H,5,18-19H2,1-4H3,(H,35,39). The van der Waals surface area contributed by atoms with Crippen LogP contribution in [-0.4, -0.2) is 43.8 Å². The van der Waals surface area contributed by atoms with Crippen LogP contribution in [0, 0.1) is 6.92 Å². The van der Waals surface area contributed by atoms with Gasteiger partial charge in [-0.05, 0) is 63.1 Å². The Morgan fingerprint density at radius 1 is 0.976 bits per heavy atom. The summed E-state index contributed by atoms with van der Waals surface area (Å²) < 4.78 is 69.1. The number of hydrogen-bond donors (Lipinski definition) is 1. The molecule has 42 heavy (non-hydrogen) atoms. The first-order chi connectivity index (χ1) is 19.6. The van der Waals surface area contributed by atoms with E-state index in [4.69, 9.17) is 11.6 Å². The number of alkyl halides is 3. The Kier molecular flexibility index (Phi) is 10.7. The number of aryl methyl sites for hydroxylation is 1. The molecule has 2 unspecified atom stereocenters. The van der Waals surface area contributed by atoms with Crippen LogP contribution in [0.25, 0.3) is 0 Å². The summed E-state index contributed by atoms with van der Waals surface area (Å²) in [5.41, 5.74) is -0.0127. The highest BCUT2D eigenvalue weighted by molar-refractivity contribution is 7.92. The number of rotatable bonds is 11. The van der Waals surface area contributed by atoms with Crippen molar-refractivity contribution in [1.29, 1.82) is 0 Å². The van der Waals surface area contributed by atoms with Gasteiger partial charge in [-0.3, -0.25) is 13.9 Å². The van der Waals surface area contributed by atoms with Crippen LogP contribution in [0.1, 0.15) is 43.9 Å². The molecule has 0 heterocycles. The number of amides is 2. The summed E-state index contributed by atoms with van der Waals surface area (Å²) in [6, 6.07) is 15.3. The molecule has 0 aliphatic heterocycles. The Balaban J connectivity index is 2.11. The Labute approximate surface area is 249 Å². The average Bonchev–Trinajstić information content (AvgIpc) is 2.95. The zero-order valence-corrected chi connectivity index (χ0v) is 25.2. The fourth-order valence-electron chi connectivity index (χ4n) is 4.05.